The van der Waals surface area contributed by atoms with E-state index in [1.165, 1.54) is 24.3 Å². The number of aromatic nitrogens is 2. The van der Waals surface area contributed by atoms with Crippen molar-refractivity contribution in [2.24, 2.45) is 0 Å². The molecule has 0 spiro atoms. The van der Waals surface area contributed by atoms with Crippen LogP contribution in [0.4, 0.5) is 5.95 Å². The number of H-pyrrole nitrogens is 1. The fourth-order valence-electron chi connectivity index (χ4n) is 3.28. The lowest BCUT2D eigenvalue weighted by molar-refractivity contribution is -0.148. The molecule has 1 aromatic carbocycles. The largest absolute Gasteiger partial charge is 0.478 e. The summed E-state index contributed by atoms with van der Waals surface area (Å²) in [6.45, 7) is 1.07. The second-order valence-electron chi connectivity index (χ2n) is 7.67. The van der Waals surface area contributed by atoms with Crippen LogP contribution in [0.1, 0.15) is 31.9 Å². The van der Waals surface area contributed by atoms with Gasteiger partial charge in [0.15, 0.2) is 5.95 Å². The molecule has 3 unspecified atom stereocenters. The van der Waals surface area contributed by atoms with Crippen molar-refractivity contribution in [1.82, 2.24) is 25.5 Å². The quantitative estimate of drug-likeness (QED) is 0.259. The van der Waals surface area contributed by atoms with E-state index >= 15 is 0 Å². The van der Waals surface area contributed by atoms with Crippen LogP contribution in [-0.4, -0.2) is 53.2 Å². The summed E-state index contributed by atoms with van der Waals surface area (Å²) in [5.74, 6) is -1.91. The van der Waals surface area contributed by atoms with E-state index in [0.29, 0.717) is 25.2 Å². The van der Waals surface area contributed by atoms with Crippen molar-refractivity contribution in [3.63, 3.8) is 0 Å². The molecule has 0 bridgehead atoms. The summed E-state index contributed by atoms with van der Waals surface area (Å²) >= 11 is 0. The molecule has 1 amide bonds. The molecule has 0 radical (unpaired) electrons. The fraction of sp³-hybridized carbons (Fsp3) is 0.421. The molecular formula is C19H26N6O6S. The third-order valence-corrected chi connectivity index (χ3v) is 6.58. The highest BCUT2D eigenvalue weighted by Crippen LogP contribution is 2.19. The Labute approximate surface area is 184 Å². The first kappa shape index (κ1) is 23.7. The highest BCUT2D eigenvalue weighted by Gasteiger charge is 2.42. The Hall–Kier alpha value is -3.00. The van der Waals surface area contributed by atoms with Crippen LogP contribution < -0.4 is 21.3 Å². The number of nitrogen functional groups attached to an aromatic ring is 1. The summed E-state index contributed by atoms with van der Waals surface area (Å²) in [6.07, 6.45) is 3.81. The average Bonchev–Trinajstić information content (AvgIpc) is 3.37. The number of hydroxylamine groups is 1. The number of hydrogen-bond donors (Lipinski definition) is 6. The van der Waals surface area contributed by atoms with Gasteiger partial charge >= 0.3 is 5.97 Å². The SMILES string of the molecule is CC(NC(=O)C1CC(CCCc2cnc(N)[nH]2)ON1)(NS(=O)(=O)c1ccccc1)C(=O)O. The predicted molar refractivity (Wildman–Crippen MR) is 113 cm³/mol. The smallest absolute Gasteiger partial charge is 0.345 e. The first-order chi connectivity index (χ1) is 15.1. The van der Waals surface area contributed by atoms with Gasteiger partial charge in [0.2, 0.25) is 21.6 Å². The Morgan fingerprint density at radius 1 is 1.34 bits per heavy atom. The molecule has 0 aliphatic carbocycles. The lowest BCUT2D eigenvalue weighted by Crippen LogP contribution is -2.65. The summed E-state index contributed by atoms with van der Waals surface area (Å²) in [6, 6.07) is 6.45. The Balaban J connectivity index is 1.56. The Kier molecular flexibility index (Phi) is 7.13. The van der Waals surface area contributed by atoms with Crippen molar-refractivity contribution in [1.29, 1.82) is 0 Å². The van der Waals surface area contributed by atoms with E-state index in [2.05, 4.69) is 25.5 Å². The van der Waals surface area contributed by atoms with Crippen molar-refractivity contribution in [2.45, 2.75) is 55.3 Å². The molecule has 13 heteroatoms. The molecule has 2 heterocycles. The van der Waals surface area contributed by atoms with Crippen molar-refractivity contribution < 1.29 is 28.0 Å². The molecule has 2 aromatic rings. The second-order valence-corrected chi connectivity index (χ2v) is 9.35. The zero-order chi connectivity index (χ0) is 23.4. The number of aliphatic carboxylic acids is 1. The van der Waals surface area contributed by atoms with E-state index in [1.807, 2.05) is 0 Å². The molecule has 174 valence electrons. The standard InChI is InChI=1S/C19H26N6O6S/c1-19(17(27)28,25-32(29,30)14-8-3-2-4-9-14)23-16(26)15-10-13(31-24-15)7-5-6-12-11-21-18(20)22-12/h2-4,8-9,11,13,15,24-25H,5-7,10H2,1H3,(H,23,26)(H,27,28)(H3,20,21,22). The van der Waals surface area contributed by atoms with Crippen molar-refractivity contribution in [2.75, 3.05) is 5.73 Å². The summed E-state index contributed by atoms with van der Waals surface area (Å²) in [4.78, 5) is 36.6. The molecule has 7 N–H and O–H groups in total. The minimum Gasteiger partial charge on any atom is -0.478 e. The average molecular weight is 467 g/mol. The van der Waals surface area contributed by atoms with Gasteiger partial charge in [-0.1, -0.05) is 18.2 Å². The molecule has 3 atom stereocenters. The Morgan fingerprint density at radius 2 is 2.06 bits per heavy atom. The molecule has 1 aliphatic rings. The number of sulfonamides is 1. The van der Waals surface area contributed by atoms with Crippen LogP contribution in [0.2, 0.25) is 0 Å². The van der Waals surface area contributed by atoms with E-state index in [0.717, 1.165) is 19.0 Å². The van der Waals surface area contributed by atoms with Gasteiger partial charge in [0, 0.05) is 12.1 Å². The number of benzene rings is 1. The highest BCUT2D eigenvalue weighted by atomic mass is 32.2. The van der Waals surface area contributed by atoms with Gasteiger partial charge in [-0.2, -0.15) is 10.2 Å². The molecule has 32 heavy (non-hydrogen) atoms. The molecule has 3 rings (SSSR count). The number of carbonyl (C=O) groups excluding carboxylic acids is 1. The van der Waals surface area contributed by atoms with Gasteiger partial charge in [0.1, 0.15) is 6.04 Å². The van der Waals surface area contributed by atoms with E-state index in [9.17, 15) is 23.1 Å². The lowest BCUT2D eigenvalue weighted by atomic mass is 10.0. The zero-order valence-electron chi connectivity index (χ0n) is 17.4. The number of carboxylic acid groups (broad SMARTS) is 1. The number of hydrogen-bond acceptors (Lipinski definition) is 8. The van der Waals surface area contributed by atoms with Gasteiger partial charge in [0.05, 0.1) is 17.2 Å². The predicted octanol–water partition coefficient (Wildman–Crippen LogP) is -0.128. The van der Waals surface area contributed by atoms with Gasteiger partial charge in [-0.3, -0.25) is 9.63 Å². The van der Waals surface area contributed by atoms with Crippen molar-refractivity contribution >= 4 is 27.8 Å². The van der Waals surface area contributed by atoms with Crippen LogP contribution in [-0.2, 0) is 30.9 Å². The summed E-state index contributed by atoms with van der Waals surface area (Å²) in [5.41, 5.74) is 6.77. The van der Waals surface area contributed by atoms with Crippen LogP contribution in [0.15, 0.2) is 41.4 Å². The van der Waals surface area contributed by atoms with Crippen LogP contribution >= 0.6 is 0 Å². The van der Waals surface area contributed by atoms with Crippen LogP contribution in [0, 0.1) is 0 Å². The lowest BCUT2D eigenvalue weighted by Gasteiger charge is -2.28. The summed E-state index contributed by atoms with van der Waals surface area (Å²) < 4.78 is 27.2. The molecule has 1 fully saturated rings. The van der Waals surface area contributed by atoms with Gasteiger partial charge in [0.25, 0.3) is 0 Å². The first-order valence-electron chi connectivity index (χ1n) is 9.94. The minimum atomic E-state index is -4.19. The topological polar surface area (TPSA) is 189 Å². The molecule has 1 aromatic heterocycles. The third kappa shape index (κ3) is 5.82. The molecular weight excluding hydrogens is 440 g/mol. The number of nitrogens with two attached hydrogens (primary N) is 1. The van der Waals surface area contributed by atoms with Crippen molar-refractivity contribution in [3.05, 3.63) is 42.2 Å². The van der Waals surface area contributed by atoms with Gasteiger partial charge < -0.3 is 21.1 Å². The van der Waals surface area contributed by atoms with E-state index in [1.54, 1.807) is 12.3 Å². The number of imidazole rings is 1. The minimum absolute atomic E-state index is 0.122. The molecule has 1 aliphatic heterocycles. The number of aryl methyl sites for hydroxylation is 1. The van der Waals surface area contributed by atoms with Gasteiger partial charge in [-0.15, -0.1) is 0 Å². The highest BCUT2D eigenvalue weighted by molar-refractivity contribution is 7.89. The maximum Gasteiger partial charge on any atom is 0.345 e. The Morgan fingerprint density at radius 3 is 2.69 bits per heavy atom. The van der Waals surface area contributed by atoms with Gasteiger partial charge in [-0.05, 0) is 38.3 Å². The Bertz CT molecular complexity index is 1060. The maximum absolute atomic E-state index is 12.7. The van der Waals surface area contributed by atoms with Crippen LogP contribution in [0.25, 0.3) is 0 Å². The normalized spacial score (nSPS) is 20.5. The number of nitrogens with zero attached hydrogens (tertiary/aromatic N) is 1. The summed E-state index contributed by atoms with van der Waals surface area (Å²) in [5, 5.41) is 11.9. The molecule has 12 nitrogen and oxygen atoms in total. The van der Waals surface area contributed by atoms with Gasteiger partial charge in [-0.25, -0.2) is 18.2 Å². The van der Waals surface area contributed by atoms with E-state index < -0.39 is 33.6 Å². The monoisotopic (exact) mass is 466 g/mol. The zero-order valence-corrected chi connectivity index (χ0v) is 18.2. The number of aromatic amines is 1. The maximum atomic E-state index is 12.7. The molecule has 1 saturated heterocycles. The molecule has 0 saturated carbocycles. The van der Waals surface area contributed by atoms with E-state index in [-0.39, 0.29) is 11.0 Å². The summed E-state index contributed by atoms with van der Waals surface area (Å²) in [7, 11) is -4.19. The number of anilines is 1. The first-order valence-corrected chi connectivity index (χ1v) is 11.4. The second kappa shape index (κ2) is 9.65. The van der Waals surface area contributed by atoms with Crippen LogP contribution in [0.5, 0.6) is 0 Å². The van der Waals surface area contributed by atoms with Crippen LogP contribution in [0.3, 0.4) is 0 Å². The number of carbonyl (C=O) groups is 2. The fourth-order valence-corrected chi connectivity index (χ4v) is 4.59. The number of nitrogens with one attached hydrogen (secondary N) is 4. The third-order valence-electron chi connectivity index (χ3n) is 5.01. The number of amides is 1. The number of rotatable bonds is 10. The number of carboxylic acids is 1. The van der Waals surface area contributed by atoms with E-state index in [4.69, 9.17) is 10.6 Å². The van der Waals surface area contributed by atoms with Crippen molar-refractivity contribution in [3.8, 4) is 0 Å².